The van der Waals surface area contributed by atoms with Crippen molar-refractivity contribution in [3.05, 3.63) is 59.7 Å². The van der Waals surface area contributed by atoms with E-state index < -0.39 is 5.97 Å². The van der Waals surface area contributed by atoms with Crippen LogP contribution in [0.3, 0.4) is 0 Å². The fourth-order valence-corrected chi connectivity index (χ4v) is 4.54. The lowest BCUT2D eigenvalue weighted by molar-refractivity contribution is -0.480. The van der Waals surface area contributed by atoms with Gasteiger partial charge in [0, 0.05) is 11.0 Å². The van der Waals surface area contributed by atoms with Crippen LogP contribution in [-0.2, 0) is 26.8 Å². The molecule has 3 fully saturated rings. The van der Waals surface area contributed by atoms with Gasteiger partial charge in [-0.3, -0.25) is 0 Å². The summed E-state index contributed by atoms with van der Waals surface area (Å²) < 4.78 is 41.9. The summed E-state index contributed by atoms with van der Waals surface area (Å²) >= 11 is 0. The standard InChI is InChI=1S/C27H30O7/c1-5-26-15-32-27(33-16-26,34-17-26)20-11-19-12-22(28-2)24(29-3)25(30-4)23(19)21(13-20)31-14-18-9-7-6-8-10-18/h6-13H,5,14-17H2,1-4H3. The molecule has 3 aromatic rings. The zero-order valence-electron chi connectivity index (χ0n) is 20.0. The second-order valence-corrected chi connectivity index (χ2v) is 8.77. The first-order valence-electron chi connectivity index (χ1n) is 11.4. The van der Waals surface area contributed by atoms with Crippen LogP contribution in [-0.4, -0.2) is 41.2 Å². The molecule has 2 bridgehead atoms. The van der Waals surface area contributed by atoms with Crippen molar-refractivity contribution in [2.24, 2.45) is 5.41 Å². The Labute approximate surface area is 199 Å². The predicted molar refractivity (Wildman–Crippen MR) is 127 cm³/mol. The van der Waals surface area contributed by atoms with Crippen molar-refractivity contribution in [1.29, 1.82) is 0 Å². The van der Waals surface area contributed by atoms with Crippen molar-refractivity contribution in [3.8, 4) is 23.0 Å². The van der Waals surface area contributed by atoms with E-state index in [1.54, 1.807) is 21.3 Å². The first kappa shape index (κ1) is 22.8. The van der Waals surface area contributed by atoms with Gasteiger partial charge in [-0.1, -0.05) is 37.3 Å². The number of fused-ring (bicyclic) bond motifs is 4. The van der Waals surface area contributed by atoms with Crippen molar-refractivity contribution < 1.29 is 33.2 Å². The van der Waals surface area contributed by atoms with E-state index in [1.165, 1.54) is 0 Å². The Hall–Kier alpha value is -3.00. The lowest BCUT2D eigenvalue weighted by atomic mass is 9.85. The quantitative estimate of drug-likeness (QED) is 0.461. The van der Waals surface area contributed by atoms with E-state index in [0.717, 1.165) is 28.3 Å². The molecule has 0 N–H and O–H groups in total. The minimum absolute atomic E-state index is 0.0922. The van der Waals surface area contributed by atoms with Gasteiger partial charge in [0.15, 0.2) is 11.5 Å². The molecule has 180 valence electrons. The van der Waals surface area contributed by atoms with Gasteiger partial charge in [-0.05, 0) is 35.6 Å². The monoisotopic (exact) mass is 466 g/mol. The molecule has 0 aliphatic carbocycles. The van der Waals surface area contributed by atoms with Crippen LogP contribution in [0.2, 0.25) is 0 Å². The van der Waals surface area contributed by atoms with Gasteiger partial charge in [0.05, 0.1) is 46.5 Å². The summed E-state index contributed by atoms with van der Waals surface area (Å²) in [6.07, 6.45) is 0.931. The Balaban J connectivity index is 1.64. The smallest absolute Gasteiger partial charge is 0.312 e. The second-order valence-electron chi connectivity index (χ2n) is 8.77. The van der Waals surface area contributed by atoms with E-state index in [2.05, 4.69) is 6.92 Å². The van der Waals surface area contributed by atoms with Crippen molar-refractivity contribution in [1.82, 2.24) is 0 Å². The highest BCUT2D eigenvalue weighted by Crippen LogP contribution is 2.51. The van der Waals surface area contributed by atoms with Gasteiger partial charge in [-0.25, -0.2) is 0 Å². The van der Waals surface area contributed by atoms with E-state index >= 15 is 0 Å². The van der Waals surface area contributed by atoms with Crippen molar-refractivity contribution in [3.63, 3.8) is 0 Å². The first-order valence-corrected chi connectivity index (χ1v) is 11.4. The number of hydrogen-bond acceptors (Lipinski definition) is 7. The molecule has 0 aromatic heterocycles. The predicted octanol–water partition coefficient (Wildman–Crippen LogP) is 5.03. The Morgan fingerprint density at radius 2 is 1.47 bits per heavy atom. The summed E-state index contributed by atoms with van der Waals surface area (Å²) in [5.74, 6) is 0.924. The van der Waals surface area contributed by atoms with Crippen LogP contribution in [0.25, 0.3) is 10.8 Å². The molecule has 3 heterocycles. The first-order chi connectivity index (χ1) is 16.6. The van der Waals surface area contributed by atoms with E-state index in [1.807, 2.05) is 48.5 Å². The summed E-state index contributed by atoms with van der Waals surface area (Å²) in [7, 11) is 4.79. The summed E-state index contributed by atoms with van der Waals surface area (Å²) in [4.78, 5) is 0. The SMILES string of the molecule is CCC12COC(c3cc(OCc4ccccc4)c4c(OC)c(OC)c(OC)cc4c3)(OC1)OC2. The highest BCUT2D eigenvalue weighted by molar-refractivity contribution is 5.98. The third kappa shape index (κ3) is 3.74. The van der Waals surface area contributed by atoms with Gasteiger partial charge in [-0.2, -0.15) is 0 Å². The van der Waals surface area contributed by atoms with E-state index in [4.69, 9.17) is 33.2 Å². The molecule has 6 rings (SSSR count). The van der Waals surface area contributed by atoms with Crippen molar-refractivity contribution in [2.45, 2.75) is 25.9 Å². The lowest BCUT2D eigenvalue weighted by Gasteiger charge is -2.51. The van der Waals surface area contributed by atoms with Crippen molar-refractivity contribution >= 4 is 10.8 Å². The van der Waals surface area contributed by atoms with Gasteiger partial charge in [-0.15, -0.1) is 0 Å². The van der Waals surface area contributed by atoms with Crippen LogP contribution < -0.4 is 18.9 Å². The van der Waals surface area contributed by atoms with Crippen LogP contribution in [0.1, 0.15) is 24.5 Å². The van der Waals surface area contributed by atoms with Crippen LogP contribution in [0.4, 0.5) is 0 Å². The Morgan fingerprint density at radius 1 is 0.794 bits per heavy atom. The highest BCUT2D eigenvalue weighted by atomic mass is 16.9. The third-order valence-corrected chi connectivity index (χ3v) is 6.75. The van der Waals surface area contributed by atoms with Crippen LogP contribution in [0, 0.1) is 5.41 Å². The lowest BCUT2D eigenvalue weighted by Crippen LogP contribution is -2.58. The largest absolute Gasteiger partial charge is 0.493 e. The number of hydrogen-bond donors (Lipinski definition) is 0. The average molecular weight is 467 g/mol. The third-order valence-electron chi connectivity index (χ3n) is 6.75. The fourth-order valence-electron chi connectivity index (χ4n) is 4.54. The van der Waals surface area contributed by atoms with Gasteiger partial charge in [0.2, 0.25) is 5.75 Å². The van der Waals surface area contributed by atoms with Crippen molar-refractivity contribution in [2.75, 3.05) is 41.2 Å². The molecular weight excluding hydrogens is 436 g/mol. The molecule has 0 saturated carbocycles. The highest BCUT2D eigenvalue weighted by Gasteiger charge is 2.53. The summed E-state index contributed by atoms with van der Waals surface area (Å²) in [6, 6.07) is 15.8. The molecule has 3 aromatic carbocycles. The molecule has 0 unspecified atom stereocenters. The number of ether oxygens (including phenoxy) is 7. The molecule has 0 spiro atoms. The topological polar surface area (TPSA) is 64.6 Å². The second kappa shape index (κ2) is 8.98. The van der Waals surface area contributed by atoms with Gasteiger partial charge >= 0.3 is 5.97 Å². The molecule has 0 atom stereocenters. The van der Waals surface area contributed by atoms with E-state index in [0.29, 0.717) is 49.4 Å². The molecule has 3 aliphatic heterocycles. The molecular formula is C27H30O7. The maximum Gasteiger partial charge on any atom is 0.312 e. The minimum Gasteiger partial charge on any atom is -0.493 e. The molecule has 0 radical (unpaired) electrons. The summed E-state index contributed by atoms with van der Waals surface area (Å²) in [5, 5.41) is 1.60. The molecule has 34 heavy (non-hydrogen) atoms. The molecule has 7 nitrogen and oxygen atoms in total. The number of benzene rings is 3. The van der Waals surface area contributed by atoms with Gasteiger partial charge in [0.1, 0.15) is 12.4 Å². The average Bonchev–Trinajstić information content (AvgIpc) is 2.91. The summed E-state index contributed by atoms with van der Waals surface area (Å²) in [5.41, 5.74) is 1.68. The molecule has 7 heteroatoms. The molecule has 3 aliphatic rings. The minimum atomic E-state index is -1.27. The normalized spacial score (nSPS) is 23.6. The van der Waals surface area contributed by atoms with Gasteiger partial charge in [0.25, 0.3) is 0 Å². The van der Waals surface area contributed by atoms with Crippen LogP contribution in [0.5, 0.6) is 23.0 Å². The zero-order valence-corrected chi connectivity index (χ0v) is 20.0. The van der Waals surface area contributed by atoms with E-state index in [-0.39, 0.29) is 5.41 Å². The van der Waals surface area contributed by atoms with Crippen LogP contribution >= 0.6 is 0 Å². The van der Waals surface area contributed by atoms with E-state index in [9.17, 15) is 0 Å². The Kier molecular flexibility index (Phi) is 6.02. The maximum atomic E-state index is 6.35. The number of rotatable bonds is 8. The Morgan fingerprint density at radius 3 is 2.06 bits per heavy atom. The summed E-state index contributed by atoms with van der Waals surface area (Å²) in [6.45, 7) is 4.25. The molecule has 3 saturated heterocycles. The fraction of sp³-hybridized carbons (Fsp3) is 0.407. The van der Waals surface area contributed by atoms with Crippen LogP contribution in [0.15, 0.2) is 48.5 Å². The maximum absolute atomic E-state index is 6.35. The van der Waals surface area contributed by atoms with Gasteiger partial charge < -0.3 is 33.2 Å². The number of methoxy groups -OCH3 is 3. The zero-order chi connectivity index (χ0) is 23.8. The Bertz CT molecular complexity index is 1150. The molecule has 0 amide bonds.